The second kappa shape index (κ2) is 6.96. The van der Waals surface area contributed by atoms with Crippen molar-refractivity contribution in [2.45, 2.75) is 32.2 Å². The van der Waals surface area contributed by atoms with Crippen LogP contribution in [0.15, 0.2) is 42.7 Å². The molecule has 5 nitrogen and oxygen atoms in total. The van der Waals surface area contributed by atoms with Gasteiger partial charge in [-0.2, -0.15) is 5.10 Å². The van der Waals surface area contributed by atoms with E-state index in [1.54, 1.807) is 6.20 Å². The third kappa shape index (κ3) is 3.79. The van der Waals surface area contributed by atoms with Crippen LogP contribution in [0.1, 0.15) is 25.3 Å². The summed E-state index contributed by atoms with van der Waals surface area (Å²) in [4.78, 5) is 14.4. The van der Waals surface area contributed by atoms with Gasteiger partial charge in [-0.1, -0.05) is 12.1 Å². The molecule has 2 heterocycles. The SMILES string of the molecule is CC(N)C1CCN(C(=O)Cc2ccc(-n3cccn3)cc2)CC1. The van der Waals surface area contributed by atoms with Crippen molar-refractivity contribution in [1.82, 2.24) is 14.7 Å². The largest absolute Gasteiger partial charge is 0.342 e. The molecule has 23 heavy (non-hydrogen) atoms. The Labute approximate surface area is 137 Å². The molecule has 1 atom stereocenters. The summed E-state index contributed by atoms with van der Waals surface area (Å²) in [5.74, 6) is 0.757. The van der Waals surface area contributed by atoms with Gasteiger partial charge in [-0.25, -0.2) is 4.68 Å². The Morgan fingerprint density at radius 2 is 2.00 bits per heavy atom. The van der Waals surface area contributed by atoms with Crippen LogP contribution in [0.4, 0.5) is 0 Å². The molecule has 1 aliphatic heterocycles. The molecule has 122 valence electrons. The van der Waals surface area contributed by atoms with Crippen molar-refractivity contribution >= 4 is 5.91 Å². The molecule has 1 saturated heterocycles. The number of nitrogens with zero attached hydrogens (tertiary/aromatic N) is 3. The number of hydrogen-bond donors (Lipinski definition) is 1. The summed E-state index contributed by atoms with van der Waals surface area (Å²) in [5.41, 5.74) is 8.00. The molecule has 2 aromatic rings. The van der Waals surface area contributed by atoms with Gasteiger partial charge in [0.15, 0.2) is 0 Å². The number of likely N-dealkylation sites (tertiary alicyclic amines) is 1. The number of aromatic nitrogens is 2. The maximum Gasteiger partial charge on any atom is 0.226 e. The number of carbonyl (C=O) groups excluding carboxylic acids is 1. The lowest BCUT2D eigenvalue weighted by molar-refractivity contribution is -0.131. The number of amides is 1. The highest BCUT2D eigenvalue weighted by Gasteiger charge is 2.24. The van der Waals surface area contributed by atoms with E-state index in [1.807, 2.05) is 46.1 Å². The summed E-state index contributed by atoms with van der Waals surface area (Å²) in [5, 5.41) is 4.20. The first kappa shape index (κ1) is 15.7. The Kier molecular flexibility index (Phi) is 4.76. The van der Waals surface area contributed by atoms with Crippen LogP contribution in [0, 0.1) is 5.92 Å². The predicted molar refractivity (Wildman–Crippen MR) is 90.2 cm³/mol. The number of benzene rings is 1. The Morgan fingerprint density at radius 3 is 2.57 bits per heavy atom. The normalized spacial score (nSPS) is 17.2. The third-order valence-electron chi connectivity index (χ3n) is 4.70. The maximum absolute atomic E-state index is 12.4. The number of nitrogens with two attached hydrogens (primary N) is 1. The lowest BCUT2D eigenvalue weighted by Gasteiger charge is -2.33. The second-order valence-electron chi connectivity index (χ2n) is 6.37. The molecular weight excluding hydrogens is 288 g/mol. The van der Waals surface area contributed by atoms with Gasteiger partial charge in [0.25, 0.3) is 0 Å². The average molecular weight is 312 g/mol. The molecule has 0 radical (unpaired) electrons. The molecule has 0 bridgehead atoms. The fraction of sp³-hybridized carbons (Fsp3) is 0.444. The summed E-state index contributed by atoms with van der Waals surface area (Å²) < 4.78 is 1.81. The van der Waals surface area contributed by atoms with Gasteiger partial charge < -0.3 is 10.6 Å². The minimum Gasteiger partial charge on any atom is -0.342 e. The number of piperidine rings is 1. The van der Waals surface area contributed by atoms with E-state index in [4.69, 9.17) is 5.73 Å². The lowest BCUT2D eigenvalue weighted by Crippen LogP contribution is -2.43. The van der Waals surface area contributed by atoms with Gasteiger partial charge in [0.05, 0.1) is 12.1 Å². The molecule has 1 aromatic heterocycles. The van der Waals surface area contributed by atoms with Crippen LogP contribution in [0.3, 0.4) is 0 Å². The van der Waals surface area contributed by atoms with Crippen LogP contribution in [0.2, 0.25) is 0 Å². The molecule has 1 aromatic carbocycles. The predicted octanol–water partition coefficient (Wildman–Crippen LogP) is 2.00. The zero-order chi connectivity index (χ0) is 16.2. The molecule has 0 saturated carbocycles. The Bertz CT molecular complexity index is 626. The first-order valence-electron chi connectivity index (χ1n) is 8.26. The third-order valence-corrected chi connectivity index (χ3v) is 4.70. The smallest absolute Gasteiger partial charge is 0.226 e. The van der Waals surface area contributed by atoms with Gasteiger partial charge in [-0.3, -0.25) is 4.79 Å². The van der Waals surface area contributed by atoms with Crippen molar-refractivity contribution in [3.05, 3.63) is 48.3 Å². The molecule has 5 heteroatoms. The van der Waals surface area contributed by atoms with E-state index < -0.39 is 0 Å². The molecule has 0 spiro atoms. The average Bonchev–Trinajstić information content (AvgIpc) is 3.10. The van der Waals surface area contributed by atoms with Crippen molar-refractivity contribution in [1.29, 1.82) is 0 Å². The van der Waals surface area contributed by atoms with Gasteiger partial charge in [0.2, 0.25) is 5.91 Å². The van der Waals surface area contributed by atoms with E-state index in [2.05, 4.69) is 12.0 Å². The van der Waals surface area contributed by atoms with Gasteiger partial charge in [-0.05, 0) is 49.4 Å². The van der Waals surface area contributed by atoms with Crippen LogP contribution in [0.25, 0.3) is 5.69 Å². The topological polar surface area (TPSA) is 64.2 Å². The summed E-state index contributed by atoms with van der Waals surface area (Å²) in [6.45, 7) is 3.72. The molecule has 1 fully saturated rings. The molecular formula is C18H24N4O. The fourth-order valence-corrected chi connectivity index (χ4v) is 3.15. The number of rotatable bonds is 4. The first-order chi connectivity index (χ1) is 11.1. The first-order valence-corrected chi connectivity index (χ1v) is 8.26. The van der Waals surface area contributed by atoms with Crippen molar-refractivity contribution in [2.75, 3.05) is 13.1 Å². The van der Waals surface area contributed by atoms with Gasteiger partial charge in [-0.15, -0.1) is 0 Å². The van der Waals surface area contributed by atoms with Crippen LogP contribution in [0.5, 0.6) is 0 Å². The van der Waals surface area contributed by atoms with Gasteiger partial charge >= 0.3 is 0 Å². The highest BCUT2D eigenvalue weighted by atomic mass is 16.2. The zero-order valence-corrected chi connectivity index (χ0v) is 13.6. The van der Waals surface area contributed by atoms with E-state index in [-0.39, 0.29) is 11.9 Å². The van der Waals surface area contributed by atoms with E-state index in [0.717, 1.165) is 37.2 Å². The van der Waals surface area contributed by atoms with Gasteiger partial charge in [0.1, 0.15) is 0 Å². The molecule has 2 N–H and O–H groups in total. The Hall–Kier alpha value is -2.14. The van der Waals surface area contributed by atoms with E-state index >= 15 is 0 Å². The highest BCUT2D eigenvalue weighted by Crippen LogP contribution is 2.20. The maximum atomic E-state index is 12.4. The minimum absolute atomic E-state index is 0.208. The Morgan fingerprint density at radius 1 is 1.30 bits per heavy atom. The van der Waals surface area contributed by atoms with Crippen molar-refractivity contribution < 1.29 is 4.79 Å². The monoisotopic (exact) mass is 312 g/mol. The molecule has 1 unspecified atom stereocenters. The molecule has 1 aliphatic rings. The molecule has 3 rings (SSSR count). The standard InChI is InChI=1S/C18H24N4O/c1-14(19)16-7-11-21(12-8-16)18(23)13-15-3-5-17(6-4-15)22-10-2-9-20-22/h2-6,9-10,14,16H,7-8,11-13,19H2,1H3. The number of carbonyl (C=O) groups is 1. The van der Waals surface area contributed by atoms with E-state index in [1.165, 1.54) is 0 Å². The van der Waals surface area contributed by atoms with Crippen molar-refractivity contribution in [3.8, 4) is 5.69 Å². The van der Waals surface area contributed by atoms with Gasteiger partial charge in [0, 0.05) is 31.5 Å². The van der Waals surface area contributed by atoms with E-state index in [0.29, 0.717) is 12.3 Å². The fourth-order valence-electron chi connectivity index (χ4n) is 3.15. The quantitative estimate of drug-likeness (QED) is 0.939. The summed E-state index contributed by atoms with van der Waals surface area (Å²) >= 11 is 0. The molecule has 0 aliphatic carbocycles. The van der Waals surface area contributed by atoms with Crippen LogP contribution in [-0.4, -0.2) is 39.7 Å². The molecule has 1 amide bonds. The van der Waals surface area contributed by atoms with Crippen molar-refractivity contribution in [3.63, 3.8) is 0 Å². The summed E-state index contributed by atoms with van der Waals surface area (Å²) in [6, 6.07) is 10.1. The highest BCUT2D eigenvalue weighted by molar-refractivity contribution is 5.78. The lowest BCUT2D eigenvalue weighted by atomic mass is 9.91. The van der Waals surface area contributed by atoms with Crippen molar-refractivity contribution in [2.24, 2.45) is 11.7 Å². The summed E-state index contributed by atoms with van der Waals surface area (Å²) in [6.07, 6.45) is 6.15. The van der Waals surface area contributed by atoms with E-state index in [9.17, 15) is 4.79 Å². The summed E-state index contributed by atoms with van der Waals surface area (Å²) in [7, 11) is 0. The zero-order valence-electron chi connectivity index (χ0n) is 13.6. The second-order valence-corrected chi connectivity index (χ2v) is 6.37. The minimum atomic E-state index is 0.208. The van der Waals surface area contributed by atoms with Crippen LogP contribution >= 0.6 is 0 Å². The van der Waals surface area contributed by atoms with Crippen LogP contribution in [-0.2, 0) is 11.2 Å². The Balaban J connectivity index is 1.56. The number of hydrogen-bond acceptors (Lipinski definition) is 3. The van der Waals surface area contributed by atoms with Crippen LogP contribution < -0.4 is 5.73 Å².